The van der Waals surface area contributed by atoms with Crippen molar-refractivity contribution >= 4 is 50.8 Å². The summed E-state index contributed by atoms with van der Waals surface area (Å²) in [6.45, 7) is 0. The summed E-state index contributed by atoms with van der Waals surface area (Å²) in [5, 5.41) is 13.7. The quantitative estimate of drug-likeness (QED) is 0.463. The van der Waals surface area contributed by atoms with Crippen molar-refractivity contribution in [2.24, 2.45) is 0 Å². The SMILES string of the molecule is COC(=O)c1cc(Br)ccc1NC(=O)c1ccc(Cl)cc1[N+](=O)[O-]. The Hall–Kier alpha value is -2.45. The Morgan fingerprint density at radius 2 is 1.92 bits per heavy atom. The molecule has 0 saturated heterocycles. The summed E-state index contributed by atoms with van der Waals surface area (Å²) in [7, 11) is 1.21. The number of nitrogens with zero attached hydrogens (tertiary/aromatic N) is 1. The van der Waals surface area contributed by atoms with E-state index in [1.165, 1.54) is 31.4 Å². The first-order valence-corrected chi connectivity index (χ1v) is 7.63. The Balaban J connectivity index is 2.41. The van der Waals surface area contributed by atoms with Gasteiger partial charge in [-0.25, -0.2) is 4.79 Å². The number of methoxy groups -OCH3 is 1. The van der Waals surface area contributed by atoms with E-state index in [4.69, 9.17) is 11.6 Å². The molecule has 9 heteroatoms. The molecule has 0 atom stereocenters. The van der Waals surface area contributed by atoms with Gasteiger partial charge in [-0.05, 0) is 30.3 Å². The van der Waals surface area contributed by atoms with Crippen LogP contribution >= 0.6 is 27.5 Å². The van der Waals surface area contributed by atoms with Gasteiger partial charge < -0.3 is 10.1 Å². The number of carbonyl (C=O) groups is 2. The first-order valence-electron chi connectivity index (χ1n) is 6.46. The number of nitrogens with one attached hydrogen (secondary N) is 1. The average Bonchev–Trinajstić information content (AvgIpc) is 2.55. The molecule has 1 N–H and O–H groups in total. The zero-order valence-corrected chi connectivity index (χ0v) is 14.6. The van der Waals surface area contributed by atoms with Crippen molar-refractivity contribution in [2.45, 2.75) is 0 Å². The van der Waals surface area contributed by atoms with E-state index in [-0.39, 0.29) is 21.8 Å². The van der Waals surface area contributed by atoms with Gasteiger partial charge in [-0.3, -0.25) is 14.9 Å². The van der Waals surface area contributed by atoms with Crippen LogP contribution in [-0.2, 0) is 4.74 Å². The third-order valence-corrected chi connectivity index (χ3v) is 3.76. The maximum Gasteiger partial charge on any atom is 0.340 e. The highest BCUT2D eigenvalue weighted by molar-refractivity contribution is 9.10. The van der Waals surface area contributed by atoms with Gasteiger partial charge in [-0.1, -0.05) is 27.5 Å². The number of hydrogen-bond donors (Lipinski definition) is 1. The average molecular weight is 414 g/mol. The minimum atomic E-state index is -0.745. The van der Waals surface area contributed by atoms with Crippen LogP contribution in [0.4, 0.5) is 11.4 Å². The number of benzene rings is 2. The molecule has 1 amide bonds. The van der Waals surface area contributed by atoms with Gasteiger partial charge in [0.25, 0.3) is 11.6 Å². The highest BCUT2D eigenvalue weighted by Gasteiger charge is 2.22. The summed E-state index contributed by atoms with van der Waals surface area (Å²) < 4.78 is 5.27. The van der Waals surface area contributed by atoms with Crippen LogP contribution in [0.5, 0.6) is 0 Å². The Bertz CT molecular complexity index is 841. The molecule has 2 aromatic carbocycles. The molecule has 0 fully saturated rings. The van der Waals surface area contributed by atoms with Crippen LogP contribution in [0.1, 0.15) is 20.7 Å². The van der Waals surface area contributed by atoms with Crippen molar-refractivity contribution in [1.29, 1.82) is 0 Å². The topological polar surface area (TPSA) is 98.5 Å². The van der Waals surface area contributed by atoms with Gasteiger partial charge in [0, 0.05) is 15.6 Å². The Labute approximate surface area is 149 Å². The van der Waals surface area contributed by atoms with Crippen LogP contribution in [0.25, 0.3) is 0 Å². The van der Waals surface area contributed by atoms with Crippen LogP contribution in [0.3, 0.4) is 0 Å². The lowest BCUT2D eigenvalue weighted by Crippen LogP contribution is -2.16. The molecular formula is C15H10BrClN2O5. The second-order valence-corrected chi connectivity index (χ2v) is 5.91. The summed E-state index contributed by atoms with van der Waals surface area (Å²) in [6.07, 6.45) is 0. The third-order valence-electron chi connectivity index (χ3n) is 3.04. The van der Waals surface area contributed by atoms with Gasteiger partial charge in [0.2, 0.25) is 0 Å². The highest BCUT2D eigenvalue weighted by atomic mass is 79.9. The Kier molecular flexibility index (Phi) is 5.53. The van der Waals surface area contributed by atoms with Crippen molar-refractivity contribution in [3.05, 3.63) is 67.1 Å². The third kappa shape index (κ3) is 3.90. The van der Waals surface area contributed by atoms with E-state index in [0.29, 0.717) is 4.47 Å². The fourth-order valence-electron chi connectivity index (χ4n) is 1.94. The molecule has 0 heterocycles. The molecule has 2 aromatic rings. The van der Waals surface area contributed by atoms with Gasteiger partial charge in [0.1, 0.15) is 5.56 Å². The van der Waals surface area contributed by atoms with Crippen LogP contribution in [-0.4, -0.2) is 23.9 Å². The van der Waals surface area contributed by atoms with E-state index in [0.717, 1.165) is 6.07 Å². The van der Waals surface area contributed by atoms with E-state index in [2.05, 4.69) is 26.0 Å². The summed E-state index contributed by atoms with van der Waals surface area (Å²) in [6, 6.07) is 8.25. The number of rotatable bonds is 4. The number of ether oxygens (including phenoxy) is 1. The number of anilines is 1. The molecule has 0 aliphatic carbocycles. The fourth-order valence-corrected chi connectivity index (χ4v) is 2.47. The molecule has 0 radical (unpaired) electrons. The number of halogens is 2. The summed E-state index contributed by atoms with van der Waals surface area (Å²) in [4.78, 5) is 34.6. The summed E-state index contributed by atoms with van der Waals surface area (Å²) in [5.74, 6) is -1.40. The van der Waals surface area contributed by atoms with Gasteiger partial charge in [0.05, 0.1) is 23.3 Å². The normalized spacial score (nSPS) is 10.1. The lowest BCUT2D eigenvalue weighted by atomic mass is 10.1. The maximum absolute atomic E-state index is 12.4. The summed E-state index contributed by atoms with van der Waals surface area (Å²) >= 11 is 8.95. The molecule has 7 nitrogen and oxygen atoms in total. The largest absolute Gasteiger partial charge is 0.465 e. The van der Waals surface area contributed by atoms with Gasteiger partial charge in [-0.15, -0.1) is 0 Å². The first-order chi connectivity index (χ1) is 11.3. The molecule has 24 heavy (non-hydrogen) atoms. The van der Waals surface area contributed by atoms with Crippen molar-refractivity contribution in [3.8, 4) is 0 Å². The molecule has 124 valence electrons. The standard InChI is InChI=1S/C15H10BrClN2O5/c1-24-15(21)11-6-8(16)2-5-12(11)18-14(20)10-4-3-9(17)7-13(10)19(22)23/h2-7H,1H3,(H,18,20). The molecule has 0 spiro atoms. The van der Waals surface area contributed by atoms with Crippen molar-refractivity contribution in [2.75, 3.05) is 12.4 Å². The van der Waals surface area contributed by atoms with Crippen LogP contribution in [0.15, 0.2) is 40.9 Å². The van der Waals surface area contributed by atoms with Crippen molar-refractivity contribution < 1.29 is 19.2 Å². The molecule has 0 aromatic heterocycles. The smallest absolute Gasteiger partial charge is 0.340 e. The van der Waals surface area contributed by atoms with Crippen LogP contribution < -0.4 is 5.32 Å². The van der Waals surface area contributed by atoms with Gasteiger partial charge >= 0.3 is 5.97 Å². The minimum absolute atomic E-state index is 0.108. The lowest BCUT2D eigenvalue weighted by molar-refractivity contribution is -0.385. The number of esters is 1. The highest BCUT2D eigenvalue weighted by Crippen LogP contribution is 2.26. The second kappa shape index (κ2) is 7.41. The zero-order chi connectivity index (χ0) is 17.9. The molecule has 0 aliphatic rings. The zero-order valence-electron chi connectivity index (χ0n) is 12.2. The molecule has 0 saturated carbocycles. The van der Waals surface area contributed by atoms with Crippen molar-refractivity contribution in [1.82, 2.24) is 0 Å². The number of carbonyl (C=O) groups excluding carboxylic acids is 2. The Morgan fingerprint density at radius 3 is 2.54 bits per heavy atom. The number of amides is 1. The second-order valence-electron chi connectivity index (χ2n) is 4.55. The Morgan fingerprint density at radius 1 is 1.21 bits per heavy atom. The molecule has 0 unspecified atom stereocenters. The van der Waals surface area contributed by atoms with E-state index >= 15 is 0 Å². The van der Waals surface area contributed by atoms with E-state index in [9.17, 15) is 19.7 Å². The van der Waals surface area contributed by atoms with Gasteiger partial charge in [-0.2, -0.15) is 0 Å². The van der Waals surface area contributed by atoms with Crippen molar-refractivity contribution in [3.63, 3.8) is 0 Å². The summed E-state index contributed by atoms with van der Waals surface area (Å²) in [5.41, 5.74) is -0.337. The molecular weight excluding hydrogens is 404 g/mol. The molecule has 2 rings (SSSR count). The maximum atomic E-state index is 12.4. The predicted octanol–water partition coefficient (Wildman–Crippen LogP) is 4.05. The monoisotopic (exact) mass is 412 g/mol. The molecule has 0 aliphatic heterocycles. The number of nitro groups is 1. The van der Waals surface area contributed by atoms with E-state index in [1.54, 1.807) is 6.07 Å². The van der Waals surface area contributed by atoms with Crippen LogP contribution in [0, 0.1) is 10.1 Å². The van der Waals surface area contributed by atoms with Crippen LogP contribution in [0.2, 0.25) is 5.02 Å². The van der Waals surface area contributed by atoms with E-state index < -0.39 is 22.5 Å². The number of nitro benzene ring substituents is 1. The minimum Gasteiger partial charge on any atom is -0.465 e. The van der Waals surface area contributed by atoms with E-state index in [1.807, 2.05) is 0 Å². The lowest BCUT2D eigenvalue weighted by Gasteiger charge is -2.10. The first kappa shape index (κ1) is 17.9. The fraction of sp³-hybridized carbons (Fsp3) is 0.0667. The predicted molar refractivity (Wildman–Crippen MR) is 91.5 cm³/mol. The molecule has 0 bridgehead atoms. The van der Waals surface area contributed by atoms with Gasteiger partial charge in [0.15, 0.2) is 0 Å². The number of hydrogen-bond acceptors (Lipinski definition) is 5.